The molecular weight excluding hydrogens is 258 g/mol. The van der Waals surface area contributed by atoms with Crippen molar-refractivity contribution in [1.82, 2.24) is 15.0 Å². The molecule has 6 nitrogen and oxygen atoms in total. The van der Waals surface area contributed by atoms with Gasteiger partial charge < -0.3 is 14.5 Å². The predicted octanol–water partition coefficient (Wildman–Crippen LogP) is 1.44. The summed E-state index contributed by atoms with van der Waals surface area (Å²) in [5.74, 6) is -0.0802. The number of likely N-dealkylation sites (tertiary alicyclic amines) is 1. The largest absolute Gasteiger partial charge is 0.394 e. The maximum absolute atomic E-state index is 12.8. The van der Waals surface area contributed by atoms with Crippen LogP contribution in [0.1, 0.15) is 34.6 Å². The number of hydrogen-bond acceptors (Lipinski definition) is 5. The fraction of sp³-hybridized carbons (Fsp3) is 0.500. The summed E-state index contributed by atoms with van der Waals surface area (Å²) in [5.41, 5.74) is 2.34. The molecule has 1 atom stereocenters. The average molecular weight is 275 g/mol. The molecule has 1 fully saturated rings. The van der Waals surface area contributed by atoms with E-state index in [-0.39, 0.29) is 18.6 Å². The lowest BCUT2D eigenvalue weighted by Crippen LogP contribution is -2.37. The van der Waals surface area contributed by atoms with Crippen LogP contribution in [0, 0.1) is 13.8 Å². The molecule has 2 aromatic heterocycles. The molecule has 1 aliphatic heterocycles. The van der Waals surface area contributed by atoms with Gasteiger partial charge in [-0.1, -0.05) is 5.16 Å². The van der Waals surface area contributed by atoms with Crippen molar-refractivity contribution in [1.29, 1.82) is 0 Å². The minimum absolute atomic E-state index is 0.00156. The van der Waals surface area contributed by atoms with Gasteiger partial charge in [0.1, 0.15) is 0 Å². The Balaban J connectivity index is 2.09. The molecule has 1 N–H and O–H groups in total. The zero-order chi connectivity index (χ0) is 14.3. The average Bonchev–Trinajstić information content (AvgIpc) is 3.04. The first-order chi connectivity index (χ1) is 9.61. The van der Waals surface area contributed by atoms with Crippen LogP contribution >= 0.6 is 0 Å². The van der Waals surface area contributed by atoms with Crippen molar-refractivity contribution in [2.45, 2.75) is 32.7 Å². The third kappa shape index (κ3) is 1.96. The van der Waals surface area contributed by atoms with E-state index in [1.807, 2.05) is 6.92 Å². The van der Waals surface area contributed by atoms with Crippen LogP contribution in [0.2, 0.25) is 0 Å². The highest BCUT2D eigenvalue weighted by molar-refractivity contribution is 6.06. The summed E-state index contributed by atoms with van der Waals surface area (Å²) in [4.78, 5) is 18.7. The zero-order valence-corrected chi connectivity index (χ0v) is 11.6. The summed E-state index contributed by atoms with van der Waals surface area (Å²) in [5, 5.41) is 13.9. The molecule has 6 heteroatoms. The summed E-state index contributed by atoms with van der Waals surface area (Å²) >= 11 is 0. The Labute approximate surface area is 116 Å². The normalized spacial score (nSPS) is 18.9. The minimum Gasteiger partial charge on any atom is -0.394 e. The second-order valence-electron chi connectivity index (χ2n) is 5.24. The van der Waals surface area contributed by atoms with E-state index in [0.29, 0.717) is 28.9 Å². The second-order valence-corrected chi connectivity index (χ2v) is 5.24. The molecule has 20 heavy (non-hydrogen) atoms. The van der Waals surface area contributed by atoms with Crippen molar-refractivity contribution < 1.29 is 14.4 Å². The number of pyridine rings is 1. The first-order valence-corrected chi connectivity index (χ1v) is 6.77. The van der Waals surface area contributed by atoms with Gasteiger partial charge in [-0.15, -0.1) is 0 Å². The molecule has 1 aliphatic rings. The van der Waals surface area contributed by atoms with Crippen molar-refractivity contribution in [2.24, 2.45) is 0 Å². The van der Waals surface area contributed by atoms with Gasteiger partial charge >= 0.3 is 0 Å². The number of carbonyl (C=O) groups excluding carboxylic acids is 1. The number of hydrogen-bond donors (Lipinski definition) is 1. The fourth-order valence-electron chi connectivity index (χ4n) is 2.83. The van der Waals surface area contributed by atoms with E-state index in [2.05, 4.69) is 10.1 Å². The Morgan fingerprint density at radius 2 is 2.35 bits per heavy atom. The maximum Gasteiger partial charge on any atom is 0.258 e. The van der Waals surface area contributed by atoms with Gasteiger partial charge in [0.15, 0.2) is 0 Å². The Morgan fingerprint density at radius 3 is 3.10 bits per heavy atom. The van der Waals surface area contributed by atoms with E-state index in [0.717, 1.165) is 18.5 Å². The zero-order valence-electron chi connectivity index (χ0n) is 11.6. The molecule has 0 aliphatic carbocycles. The molecule has 0 spiro atoms. The lowest BCUT2D eigenvalue weighted by atomic mass is 10.1. The summed E-state index contributed by atoms with van der Waals surface area (Å²) in [6.45, 7) is 4.30. The van der Waals surface area contributed by atoms with Crippen molar-refractivity contribution >= 4 is 17.0 Å². The Bertz CT molecular complexity index is 665. The van der Waals surface area contributed by atoms with Crippen LogP contribution in [0.4, 0.5) is 0 Å². The molecule has 0 radical (unpaired) electrons. The molecule has 1 amide bonds. The molecule has 3 rings (SSSR count). The second kappa shape index (κ2) is 4.86. The standard InChI is InChI=1S/C14H17N3O3/c1-8-6-11(12-9(2)16-20-13(12)15-8)14(19)17-5-3-4-10(17)7-18/h6,10,18H,3-5,7H2,1-2H3/t10-/m1/s1. The highest BCUT2D eigenvalue weighted by atomic mass is 16.5. The SMILES string of the molecule is Cc1cc(C(=O)N2CCC[C@@H]2CO)c2c(C)noc2n1. The summed E-state index contributed by atoms with van der Waals surface area (Å²) in [6, 6.07) is 1.67. The first kappa shape index (κ1) is 13.1. The maximum atomic E-state index is 12.8. The molecule has 0 aromatic carbocycles. The van der Waals surface area contributed by atoms with Gasteiger partial charge in [-0.05, 0) is 32.8 Å². The minimum atomic E-state index is -0.0915. The number of nitrogens with zero attached hydrogens (tertiary/aromatic N) is 3. The highest BCUT2D eigenvalue weighted by Crippen LogP contribution is 2.26. The van der Waals surface area contributed by atoms with Gasteiger partial charge in [0, 0.05) is 12.2 Å². The predicted molar refractivity (Wildman–Crippen MR) is 72.4 cm³/mol. The quantitative estimate of drug-likeness (QED) is 0.897. The van der Waals surface area contributed by atoms with Crippen molar-refractivity contribution in [3.05, 3.63) is 23.0 Å². The number of aliphatic hydroxyl groups excluding tert-OH is 1. The van der Waals surface area contributed by atoms with E-state index in [1.54, 1.807) is 17.9 Å². The summed E-state index contributed by atoms with van der Waals surface area (Å²) < 4.78 is 5.15. The van der Waals surface area contributed by atoms with Gasteiger partial charge in [0.25, 0.3) is 11.6 Å². The van der Waals surface area contributed by atoms with Crippen molar-refractivity contribution in [3.8, 4) is 0 Å². The number of aliphatic hydroxyl groups is 1. The van der Waals surface area contributed by atoms with Crippen LogP contribution in [-0.4, -0.2) is 45.2 Å². The number of rotatable bonds is 2. The van der Waals surface area contributed by atoms with Crippen molar-refractivity contribution in [3.63, 3.8) is 0 Å². The van der Waals surface area contributed by atoms with Crippen LogP contribution in [0.25, 0.3) is 11.1 Å². The molecule has 0 bridgehead atoms. The van der Waals surface area contributed by atoms with E-state index >= 15 is 0 Å². The van der Waals surface area contributed by atoms with E-state index in [1.165, 1.54) is 0 Å². The van der Waals surface area contributed by atoms with E-state index < -0.39 is 0 Å². The number of fused-ring (bicyclic) bond motifs is 1. The topological polar surface area (TPSA) is 79.5 Å². The molecule has 0 unspecified atom stereocenters. The van der Waals surface area contributed by atoms with Crippen LogP contribution in [0.15, 0.2) is 10.6 Å². The van der Waals surface area contributed by atoms with Gasteiger partial charge in [-0.25, -0.2) is 4.98 Å². The molecular formula is C14H17N3O3. The third-order valence-corrected chi connectivity index (χ3v) is 3.82. The number of amides is 1. The van der Waals surface area contributed by atoms with E-state index in [9.17, 15) is 9.90 Å². The molecule has 3 heterocycles. The van der Waals surface area contributed by atoms with Crippen molar-refractivity contribution in [2.75, 3.05) is 13.2 Å². The molecule has 0 saturated carbocycles. The van der Waals surface area contributed by atoms with Gasteiger partial charge in [0.2, 0.25) is 0 Å². The van der Waals surface area contributed by atoms with Crippen LogP contribution in [0.5, 0.6) is 0 Å². The third-order valence-electron chi connectivity index (χ3n) is 3.82. The lowest BCUT2D eigenvalue weighted by molar-refractivity contribution is 0.0679. The Morgan fingerprint density at radius 1 is 1.55 bits per heavy atom. The highest BCUT2D eigenvalue weighted by Gasteiger charge is 2.30. The first-order valence-electron chi connectivity index (χ1n) is 6.77. The van der Waals surface area contributed by atoms with Crippen LogP contribution < -0.4 is 0 Å². The van der Waals surface area contributed by atoms with Gasteiger partial charge in [-0.3, -0.25) is 4.79 Å². The lowest BCUT2D eigenvalue weighted by Gasteiger charge is -2.23. The number of carbonyl (C=O) groups is 1. The number of aryl methyl sites for hydroxylation is 2. The smallest absolute Gasteiger partial charge is 0.258 e. The molecule has 1 saturated heterocycles. The summed E-state index contributed by atoms with van der Waals surface area (Å²) in [6.07, 6.45) is 1.77. The van der Waals surface area contributed by atoms with Crippen LogP contribution in [-0.2, 0) is 0 Å². The summed E-state index contributed by atoms with van der Waals surface area (Å²) in [7, 11) is 0. The monoisotopic (exact) mass is 275 g/mol. The Hall–Kier alpha value is -1.95. The van der Waals surface area contributed by atoms with Gasteiger partial charge in [-0.2, -0.15) is 0 Å². The number of aromatic nitrogens is 2. The molecule has 106 valence electrons. The fourth-order valence-corrected chi connectivity index (χ4v) is 2.83. The van der Waals surface area contributed by atoms with Gasteiger partial charge in [0.05, 0.1) is 29.3 Å². The molecule has 2 aromatic rings. The van der Waals surface area contributed by atoms with Crippen LogP contribution in [0.3, 0.4) is 0 Å². The Kier molecular flexibility index (Phi) is 3.17. The van der Waals surface area contributed by atoms with E-state index in [4.69, 9.17) is 4.52 Å².